The Labute approximate surface area is 134 Å². The Bertz CT molecular complexity index is 558. The minimum absolute atomic E-state index is 0.247. The molecule has 0 unspecified atom stereocenters. The lowest BCUT2D eigenvalue weighted by Crippen LogP contribution is -2.43. The van der Waals surface area contributed by atoms with Gasteiger partial charge in [0.2, 0.25) is 0 Å². The summed E-state index contributed by atoms with van der Waals surface area (Å²) in [5.74, 6) is -0.712. The molecule has 1 N–H and O–H groups in total. The Morgan fingerprint density at radius 2 is 2.17 bits per heavy atom. The molecule has 1 amide bonds. The second kappa shape index (κ2) is 6.86. The highest BCUT2D eigenvalue weighted by Crippen LogP contribution is 2.31. The lowest BCUT2D eigenvalue weighted by atomic mass is 9.84. The molecule has 1 aliphatic heterocycles. The maximum Gasteiger partial charge on any atom is 0.418 e. The van der Waals surface area contributed by atoms with Crippen molar-refractivity contribution in [2.45, 2.75) is 32.9 Å². The number of aromatic nitrogens is 1. The van der Waals surface area contributed by atoms with Gasteiger partial charge in [0.1, 0.15) is 0 Å². The molecule has 1 saturated heterocycles. The Kier molecular flexibility index (Phi) is 5.29. The van der Waals surface area contributed by atoms with Crippen molar-refractivity contribution in [2.75, 3.05) is 26.2 Å². The summed E-state index contributed by atoms with van der Waals surface area (Å²) in [6.45, 7) is 7.26. The van der Waals surface area contributed by atoms with Crippen LogP contribution in [0.4, 0.5) is 13.2 Å². The summed E-state index contributed by atoms with van der Waals surface area (Å²) < 4.78 is 38.6. The second-order valence-electron chi connectivity index (χ2n) is 6.72. The normalized spacial score (nSPS) is 18.7. The minimum Gasteiger partial charge on any atom is -0.351 e. The number of carbonyl (C=O) groups is 1. The fourth-order valence-corrected chi connectivity index (χ4v) is 2.98. The van der Waals surface area contributed by atoms with Gasteiger partial charge in [-0.25, -0.2) is 0 Å². The van der Waals surface area contributed by atoms with E-state index in [9.17, 15) is 18.0 Å². The van der Waals surface area contributed by atoms with E-state index in [0.29, 0.717) is 19.3 Å². The standard InChI is InChI=1S/C16H22F3N3O/c1-15(2)5-3-8-22(11-15)9-7-21-14(23)12-4-6-20-10-13(12)16(17,18)19/h4,6,10H,3,5,7-9,11H2,1-2H3,(H,21,23). The summed E-state index contributed by atoms with van der Waals surface area (Å²) >= 11 is 0. The summed E-state index contributed by atoms with van der Waals surface area (Å²) in [5.41, 5.74) is -1.14. The number of hydrogen-bond donors (Lipinski definition) is 1. The molecule has 1 aromatic heterocycles. The van der Waals surface area contributed by atoms with E-state index in [1.807, 2.05) is 0 Å². The number of nitrogens with one attached hydrogen (secondary N) is 1. The second-order valence-corrected chi connectivity index (χ2v) is 6.72. The number of carbonyl (C=O) groups excluding carboxylic acids is 1. The van der Waals surface area contributed by atoms with Gasteiger partial charge in [0.05, 0.1) is 11.1 Å². The smallest absolute Gasteiger partial charge is 0.351 e. The summed E-state index contributed by atoms with van der Waals surface area (Å²) in [6, 6.07) is 1.10. The zero-order chi connectivity index (χ0) is 17.1. The van der Waals surface area contributed by atoms with Crippen LogP contribution < -0.4 is 5.32 Å². The number of alkyl halides is 3. The van der Waals surface area contributed by atoms with E-state index in [-0.39, 0.29) is 11.0 Å². The van der Waals surface area contributed by atoms with Gasteiger partial charge < -0.3 is 10.2 Å². The van der Waals surface area contributed by atoms with Crippen molar-refractivity contribution in [3.05, 3.63) is 29.6 Å². The summed E-state index contributed by atoms with van der Waals surface area (Å²) in [4.78, 5) is 17.7. The van der Waals surface area contributed by atoms with Crippen LogP contribution in [-0.2, 0) is 6.18 Å². The van der Waals surface area contributed by atoms with E-state index >= 15 is 0 Å². The number of nitrogens with zero attached hydrogens (tertiary/aromatic N) is 2. The first-order chi connectivity index (χ1) is 10.7. The van der Waals surface area contributed by atoms with Gasteiger partial charge in [0.25, 0.3) is 5.91 Å². The van der Waals surface area contributed by atoms with Gasteiger partial charge in [-0.15, -0.1) is 0 Å². The van der Waals surface area contributed by atoms with Crippen LogP contribution >= 0.6 is 0 Å². The third kappa shape index (κ3) is 4.92. The number of likely N-dealkylation sites (tertiary alicyclic amines) is 1. The van der Waals surface area contributed by atoms with Crippen LogP contribution in [-0.4, -0.2) is 42.0 Å². The van der Waals surface area contributed by atoms with E-state index in [2.05, 4.69) is 29.0 Å². The van der Waals surface area contributed by atoms with Gasteiger partial charge in [0, 0.05) is 32.0 Å². The largest absolute Gasteiger partial charge is 0.418 e. The van der Waals surface area contributed by atoms with Crippen molar-refractivity contribution in [3.8, 4) is 0 Å². The highest BCUT2D eigenvalue weighted by atomic mass is 19.4. The van der Waals surface area contributed by atoms with E-state index in [1.165, 1.54) is 12.6 Å². The molecule has 7 heteroatoms. The first kappa shape index (κ1) is 17.7. The zero-order valence-electron chi connectivity index (χ0n) is 13.4. The summed E-state index contributed by atoms with van der Waals surface area (Å²) in [5, 5.41) is 2.58. The monoisotopic (exact) mass is 329 g/mol. The SMILES string of the molecule is CC1(C)CCCN(CCNC(=O)c2ccncc2C(F)(F)F)C1. The molecule has 4 nitrogen and oxygen atoms in total. The van der Waals surface area contributed by atoms with Crippen LogP contribution in [0.2, 0.25) is 0 Å². The van der Waals surface area contributed by atoms with E-state index in [0.717, 1.165) is 25.6 Å². The van der Waals surface area contributed by atoms with Gasteiger partial charge >= 0.3 is 6.18 Å². The highest BCUT2D eigenvalue weighted by molar-refractivity contribution is 5.95. The molecule has 0 aliphatic carbocycles. The van der Waals surface area contributed by atoms with E-state index < -0.39 is 17.6 Å². The molecule has 128 valence electrons. The molecular formula is C16H22F3N3O. The lowest BCUT2D eigenvalue weighted by Gasteiger charge is -2.38. The predicted molar refractivity (Wildman–Crippen MR) is 81.0 cm³/mol. The number of halogens is 3. The third-order valence-electron chi connectivity index (χ3n) is 4.06. The molecule has 23 heavy (non-hydrogen) atoms. The number of amides is 1. The van der Waals surface area contributed by atoms with Crippen LogP contribution in [0, 0.1) is 5.41 Å². The maximum absolute atomic E-state index is 12.9. The number of piperidine rings is 1. The van der Waals surface area contributed by atoms with Crippen LogP contribution in [0.3, 0.4) is 0 Å². The maximum atomic E-state index is 12.9. The van der Waals surface area contributed by atoms with Crippen molar-refractivity contribution in [2.24, 2.45) is 5.41 Å². The number of rotatable bonds is 4. The van der Waals surface area contributed by atoms with Gasteiger partial charge in [-0.1, -0.05) is 13.8 Å². The average molecular weight is 329 g/mol. The Balaban J connectivity index is 1.91. The molecule has 1 fully saturated rings. The van der Waals surface area contributed by atoms with Crippen LogP contribution in [0.25, 0.3) is 0 Å². The van der Waals surface area contributed by atoms with Gasteiger partial charge in [-0.3, -0.25) is 9.78 Å². The lowest BCUT2D eigenvalue weighted by molar-refractivity contribution is -0.138. The van der Waals surface area contributed by atoms with Gasteiger partial charge in [-0.05, 0) is 30.9 Å². The van der Waals surface area contributed by atoms with Crippen LogP contribution in [0.15, 0.2) is 18.5 Å². The van der Waals surface area contributed by atoms with Crippen LogP contribution in [0.5, 0.6) is 0 Å². The first-order valence-electron chi connectivity index (χ1n) is 7.71. The summed E-state index contributed by atoms with van der Waals surface area (Å²) in [6.07, 6.45) is -0.442. The Morgan fingerprint density at radius 3 is 2.83 bits per heavy atom. The topological polar surface area (TPSA) is 45.2 Å². The van der Waals surface area contributed by atoms with Gasteiger partial charge in [0.15, 0.2) is 0 Å². The fraction of sp³-hybridized carbons (Fsp3) is 0.625. The average Bonchev–Trinajstić information content (AvgIpc) is 2.45. The molecule has 0 atom stereocenters. The molecule has 0 saturated carbocycles. The molecular weight excluding hydrogens is 307 g/mol. The molecule has 0 aromatic carbocycles. The van der Waals surface area contributed by atoms with Crippen molar-refractivity contribution in [1.82, 2.24) is 15.2 Å². The first-order valence-corrected chi connectivity index (χ1v) is 7.71. The van der Waals surface area contributed by atoms with Crippen molar-refractivity contribution in [1.29, 1.82) is 0 Å². The summed E-state index contributed by atoms with van der Waals surface area (Å²) in [7, 11) is 0. The predicted octanol–water partition coefficient (Wildman–Crippen LogP) is 2.95. The molecule has 1 aromatic rings. The Morgan fingerprint density at radius 1 is 1.43 bits per heavy atom. The van der Waals surface area contributed by atoms with Crippen molar-refractivity contribution >= 4 is 5.91 Å². The minimum atomic E-state index is -4.59. The molecule has 2 rings (SSSR count). The van der Waals surface area contributed by atoms with E-state index in [1.54, 1.807) is 0 Å². The molecule has 0 bridgehead atoms. The van der Waals surface area contributed by atoms with Gasteiger partial charge in [-0.2, -0.15) is 13.2 Å². The molecule has 1 aliphatic rings. The highest BCUT2D eigenvalue weighted by Gasteiger charge is 2.35. The quantitative estimate of drug-likeness (QED) is 0.924. The number of pyridine rings is 1. The molecule has 2 heterocycles. The Hall–Kier alpha value is -1.63. The molecule has 0 radical (unpaired) electrons. The van der Waals surface area contributed by atoms with Crippen molar-refractivity contribution in [3.63, 3.8) is 0 Å². The van der Waals surface area contributed by atoms with E-state index in [4.69, 9.17) is 0 Å². The van der Waals surface area contributed by atoms with Crippen LogP contribution in [0.1, 0.15) is 42.6 Å². The zero-order valence-corrected chi connectivity index (χ0v) is 13.4. The third-order valence-corrected chi connectivity index (χ3v) is 4.06. The number of hydrogen-bond acceptors (Lipinski definition) is 3. The molecule has 0 spiro atoms. The fourth-order valence-electron chi connectivity index (χ4n) is 2.98. The van der Waals surface area contributed by atoms with Crippen molar-refractivity contribution < 1.29 is 18.0 Å².